The summed E-state index contributed by atoms with van der Waals surface area (Å²) < 4.78 is 18.0. The fourth-order valence-corrected chi connectivity index (χ4v) is 9.88. The molecule has 0 radical (unpaired) electrons. The van der Waals surface area contributed by atoms with E-state index in [0.717, 1.165) is 55.1 Å². The Balaban J connectivity index is 1.40. The number of benzene rings is 7. The molecule has 1 unspecified atom stereocenters. The van der Waals surface area contributed by atoms with Gasteiger partial charge in [0.25, 0.3) is 0 Å². The zero-order chi connectivity index (χ0) is 28.5. The van der Waals surface area contributed by atoms with Crippen molar-refractivity contribution in [3.63, 3.8) is 0 Å². The highest BCUT2D eigenvalue weighted by atomic mass is 31.2. The van der Waals surface area contributed by atoms with Gasteiger partial charge in [-0.3, -0.25) is 4.57 Å². The van der Waals surface area contributed by atoms with E-state index in [2.05, 4.69) is 89.5 Å². The fraction of sp³-hybridized carbons (Fsp3) is 0. The summed E-state index contributed by atoms with van der Waals surface area (Å²) in [5, 5.41) is 7.32. The maximum atomic E-state index is 15.8. The van der Waals surface area contributed by atoms with Gasteiger partial charge >= 0.3 is 0 Å². The van der Waals surface area contributed by atoms with Gasteiger partial charge in [0, 0.05) is 21.5 Å². The second-order valence-electron chi connectivity index (χ2n) is 11.1. The molecule has 8 aromatic rings. The summed E-state index contributed by atoms with van der Waals surface area (Å²) in [6.45, 7) is 0. The first-order valence-corrected chi connectivity index (χ1v) is 16.2. The molecule has 1 aliphatic heterocycles. The average molecular weight is 569 g/mol. The minimum atomic E-state index is -3.26. The van der Waals surface area contributed by atoms with E-state index in [4.69, 9.17) is 4.98 Å². The predicted molar refractivity (Wildman–Crippen MR) is 180 cm³/mol. The summed E-state index contributed by atoms with van der Waals surface area (Å²) in [6.07, 6.45) is 0. The normalized spacial score (nSPS) is 15.6. The van der Waals surface area contributed by atoms with Crippen LogP contribution in [0.25, 0.3) is 60.8 Å². The van der Waals surface area contributed by atoms with Crippen LogP contribution in [0.2, 0.25) is 0 Å². The van der Waals surface area contributed by atoms with Crippen molar-refractivity contribution in [1.82, 2.24) is 9.55 Å². The molecule has 1 aromatic heterocycles. The smallest absolute Gasteiger partial charge is 0.175 e. The molecule has 7 aromatic carbocycles. The van der Waals surface area contributed by atoms with Crippen LogP contribution in [-0.2, 0) is 4.57 Å². The van der Waals surface area contributed by atoms with Crippen molar-refractivity contribution < 1.29 is 4.57 Å². The number of hydrogen-bond acceptors (Lipinski definition) is 2. The zero-order valence-corrected chi connectivity index (χ0v) is 24.1. The van der Waals surface area contributed by atoms with Crippen LogP contribution in [0.3, 0.4) is 0 Å². The first kappa shape index (κ1) is 24.4. The molecule has 43 heavy (non-hydrogen) atoms. The third-order valence-electron chi connectivity index (χ3n) is 8.78. The van der Waals surface area contributed by atoms with E-state index in [-0.39, 0.29) is 0 Å². The second-order valence-corrected chi connectivity index (χ2v) is 13.8. The first-order chi connectivity index (χ1) is 21.2. The molecule has 2 heterocycles. The molecule has 0 aliphatic carbocycles. The van der Waals surface area contributed by atoms with Crippen molar-refractivity contribution in [3.05, 3.63) is 152 Å². The summed E-state index contributed by atoms with van der Waals surface area (Å²) >= 11 is 0. The van der Waals surface area contributed by atoms with Gasteiger partial charge in [0.05, 0.1) is 16.7 Å². The van der Waals surface area contributed by atoms with E-state index in [0.29, 0.717) is 0 Å². The molecular weight excluding hydrogens is 543 g/mol. The Bertz CT molecular complexity index is 2430. The Morgan fingerprint density at radius 2 is 1.23 bits per heavy atom. The van der Waals surface area contributed by atoms with Crippen LogP contribution in [0.1, 0.15) is 0 Å². The summed E-state index contributed by atoms with van der Waals surface area (Å²) in [6, 6.07) is 52.2. The summed E-state index contributed by atoms with van der Waals surface area (Å²) in [5.74, 6) is 0.854. The third kappa shape index (κ3) is 3.43. The minimum Gasteiger partial charge on any atom is -0.308 e. The average Bonchev–Trinajstić information content (AvgIpc) is 3.48. The Hall–Kier alpha value is -5.24. The Morgan fingerprint density at radius 3 is 2.05 bits per heavy atom. The van der Waals surface area contributed by atoms with E-state index < -0.39 is 7.14 Å². The number of rotatable bonds is 3. The first-order valence-electron chi connectivity index (χ1n) is 14.5. The molecule has 0 bridgehead atoms. The van der Waals surface area contributed by atoms with Crippen molar-refractivity contribution in [2.24, 2.45) is 0 Å². The molecule has 9 rings (SSSR count). The van der Waals surface area contributed by atoms with Gasteiger partial charge < -0.3 is 4.57 Å². The third-order valence-corrected chi connectivity index (χ3v) is 11.9. The van der Waals surface area contributed by atoms with Crippen molar-refractivity contribution in [2.45, 2.75) is 0 Å². The number of fused-ring (bicyclic) bond motifs is 5. The number of para-hydroxylation sites is 1. The zero-order valence-electron chi connectivity index (χ0n) is 23.2. The SMILES string of the molecule is O=P1(c2ccccc2)c2cc(-c3cc4ccccc4c4ccccc34)ccc2-n2c(-c3ccccc3)nc3cccc1c32. The molecule has 202 valence electrons. The van der Waals surface area contributed by atoms with Crippen LogP contribution in [0.15, 0.2) is 152 Å². The topological polar surface area (TPSA) is 34.9 Å². The number of aromatic nitrogens is 2. The van der Waals surface area contributed by atoms with E-state index >= 15 is 4.57 Å². The van der Waals surface area contributed by atoms with E-state index in [1.807, 2.05) is 66.7 Å². The summed E-state index contributed by atoms with van der Waals surface area (Å²) in [7, 11) is -3.26. The quantitative estimate of drug-likeness (QED) is 0.158. The number of imidazole rings is 1. The molecule has 1 atom stereocenters. The summed E-state index contributed by atoms with van der Waals surface area (Å²) in [4.78, 5) is 5.11. The fourth-order valence-electron chi connectivity index (χ4n) is 6.85. The van der Waals surface area contributed by atoms with Crippen molar-refractivity contribution in [3.8, 4) is 28.2 Å². The van der Waals surface area contributed by atoms with Crippen LogP contribution < -0.4 is 15.9 Å². The Kier molecular flexibility index (Phi) is 5.17. The lowest BCUT2D eigenvalue weighted by molar-refractivity contribution is 0.592. The van der Waals surface area contributed by atoms with E-state index in [1.165, 1.54) is 21.5 Å². The van der Waals surface area contributed by atoms with E-state index in [9.17, 15) is 0 Å². The van der Waals surface area contributed by atoms with E-state index in [1.54, 1.807) is 0 Å². The number of nitrogens with zero attached hydrogens (tertiary/aromatic N) is 2. The monoisotopic (exact) mass is 568 g/mol. The predicted octanol–water partition coefficient (Wildman–Crippen LogP) is 8.62. The van der Waals surface area contributed by atoms with Gasteiger partial charge in [-0.15, -0.1) is 0 Å². The lowest BCUT2D eigenvalue weighted by atomic mass is 9.93. The van der Waals surface area contributed by atoms with Gasteiger partial charge in [-0.05, 0) is 63.0 Å². The lowest BCUT2D eigenvalue weighted by Gasteiger charge is -2.30. The molecule has 0 fully saturated rings. The van der Waals surface area contributed by atoms with Crippen molar-refractivity contribution in [1.29, 1.82) is 0 Å². The van der Waals surface area contributed by atoms with Gasteiger partial charge in [-0.2, -0.15) is 0 Å². The highest BCUT2D eigenvalue weighted by Gasteiger charge is 2.40. The molecule has 0 spiro atoms. The highest BCUT2D eigenvalue weighted by molar-refractivity contribution is 7.86. The van der Waals surface area contributed by atoms with Gasteiger partial charge in [0.2, 0.25) is 0 Å². The highest BCUT2D eigenvalue weighted by Crippen LogP contribution is 2.51. The molecule has 0 saturated heterocycles. The molecule has 4 heteroatoms. The van der Waals surface area contributed by atoms with Crippen molar-refractivity contribution >= 4 is 55.6 Å². The van der Waals surface area contributed by atoms with Crippen LogP contribution in [0, 0.1) is 0 Å². The molecule has 1 aliphatic rings. The molecule has 0 N–H and O–H groups in total. The van der Waals surface area contributed by atoms with Crippen LogP contribution in [0.5, 0.6) is 0 Å². The molecular formula is C39H25N2OP. The standard InChI is InChI=1S/C39H25N2OP/c42-43(29-15-5-2-6-16-29)36-21-11-20-34-38(36)41(39(40-34)26-12-3-1-4-13-26)35-23-22-28(25-37(35)43)33-24-27-14-7-8-17-30(27)31-18-9-10-19-32(31)33/h1-25H. The van der Waals surface area contributed by atoms with Gasteiger partial charge in [-0.25, -0.2) is 4.98 Å². The Labute approximate surface area is 249 Å². The van der Waals surface area contributed by atoms with Gasteiger partial charge in [0.15, 0.2) is 7.14 Å². The molecule has 0 saturated carbocycles. The molecule has 0 amide bonds. The largest absolute Gasteiger partial charge is 0.308 e. The second kappa shape index (κ2) is 9.13. The number of hydrogen-bond donors (Lipinski definition) is 0. The van der Waals surface area contributed by atoms with Gasteiger partial charge in [0.1, 0.15) is 5.82 Å². The van der Waals surface area contributed by atoms with Crippen molar-refractivity contribution in [2.75, 3.05) is 0 Å². The molecule has 3 nitrogen and oxygen atoms in total. The Morgan fingerprint density at radius 1 is 0.535 bits per heavy atom. The lowest BCUT2D eigenvalue weighted by Crippen LogP contribution is -2.33. The van der Waals surface area contributed by atoms with Crippen LogP contribution in [-0.4, -0.2) is 9.55 Å². The maximum Gasteiger partial charge on any atom is 0.175 e. The van der Waals surface area contributed by atoms with Crippen LogP contribution >= 0.6 is 7.14 Å². The van der Waals surface area contributed by atoms with Crippen LogP contribution in [0.4, 0.5) is 0 Å². The summed E-state index contributed by atoms with van der Waals surface area (Å²) in [5.41, 5.74) is 5.90. The van der Waals surface area contributed by atoms with Gasteiger partial charge in [-0.1, -0.05) is 121 Å². The maximum absolute atomic E-state index is 15.8. The minimum absolute atomic E-state index is 0.831.